The van der Waals surface area contributed by atoms with Gasteiger partial charge in [0.1, 0.15) is 0 Å². The number of allylic oxidation sites excluding steroid dienone is 1. The summed E-state index contributed by atoms with van der Waals surface area (Å²) in [4.78, 5) is 3.59. The number of aromatic amines is 1. The van der Waals surface area contributed by atoms with Crippen LogP contribution in [0.3, 0.4) is 0 Å². The zero-order chi connectivity index (χ0) is 12.5. The van der Waals surface area contributed by atoms with Gasteiger partial charge >= 0.3 is 0 Å². The number of H-pyrrole nitrogens is 1. The van der Waals surface area contributed by atoms with Gasteiger partial charge in [0.05, 0.1) is 0 Å². The molecule has 1 heterocycles. The molecule has 0 radical (unpaired) electrons. The molecule has 18 heavy (non-hydrogen) atoms. The molecule has 0 unspecified atom stereocenters. The Bertz CT molecular complexity index is 560. The minimum absolute atomic E-state index is 0.532. The predicted octanol–water partition coefficient (Wildman–Crippen LogP) is 4.60. The lowest BCUT2D eigenvalue weighted by atomic mass is 9.87. The van der Waals surface area contributed by atoms with E-state index in [0.29, 0.717) is 5.92 Å². The van der Waals surface area contributed by atoms with Gasteiger partial charge in [-0.05, 0) is 43.4 Å². The van der Waals surface area contributed by atoms with Crippen LogP contribution in [-0.2, 0) is 6.42 Å². The summed E-state index contributed by atoms with van der Waals surface area (Å²) in [5.74, 6) is 0.532. The van der Waals surface area contributed by atoms with Crippen molar-refractivity contribution in [2.45, 2.75) is 32.1 Å². The van der Waals surface area contributed by atoms with E-state index in [-0.39, 0.29) is 0 Å². The van der Waals surface area contributed by atoms with E-state index in [0.717, 1.165) is 0 Å². The maximum absolute atomic E-state index is 3.96. The predicted molar refractivity (Wildman–Crippen MR) is 76.8 cm³/mol. The molecule has 0 saturated carbocycles. The molecule has 1 N–H and O–H groups in total. The highest BCUT2D eigenvalue weighted by atomic mass is 14.7. The lowest BCUT2D eigenvalue weighted by molar-refractivity contribution is 0.624. The van der Waals surface area contributed by atoms with Crippen LogP contribution < -0.4 is 0 Å². The molecule has 1 atom stereocenters. The Morgan fingerprint density at radius 3 is 2.78 bits per heavy atom. The van der Waals surface area contributed by atoms with E-state index in [1.807, 2.05) is 0 Å². The number of rotatable bonds is 2. The fraction of sp³-hybridized carbons (Fsp3) is 0.294. The van der Waals surface area contributed by atoms with Crippen LogP contribution in [0.15, 0.2) is 43.0 Å². The molecule has 0 aliphatic heterocycles. The molecular formula is C17H19N. The fourth-order valence-corrected chi connectivity index (χ4v) is 2.84. The second kappa shape index (κ2) is 4.49. The van der Waals surface area contributed by atoms with Crippen molar-refractivity contribution in [3.8, 4) is 11.3 Å². The fourth-order valence-electron chi connectivity index (χ4n) is 2.84. The van der Waals surface area contributed by atoms with Gasteiger partial charge in [-0.1, -0.05) is 35.9 Å². The lowest BCUT2D eigenvalue weighted by Crippen LogP contribution is -2.05. The third-order valence-corrected chi connectivity index (χ3v) is 3.92. The highest BCUT2D eigenvalue weighted by molar-refractivity contribution is 5.62. The molecule has 0 bridgehead atoms. The lowest BCUT2D eigenvalue weighted by Gasteiger charge is -2.18. The molecule has 92 valence electrons. The normalized spacial score (nSPS) is 18.4. The SMILES string of the molecule is C=C[C@H]1CCCc2[nH]c(-c3ccc(C)cc3)cc21. The van der Waals surface area contributed by atoms with E-state index in [1.165, 1.54) is 47.3 Å². The second-order valence-corrected chi connectivity index (χ2v) is 5.22. The number of benzene rings is 1. The first-order valence-corrected chi connectivity index (χ1v) is 6.69. The quantitative estimate of drug-likeness (QED) is 0.735. The molecule has 0 spiro atoms. The van der Waals surface area contributed by atoms with E-state index >= 15 is 0 Å². The Kier molecular flexibility index (Phi) is 2.83. The third kappa shape index (κ3) is 1.90. The van der Waals surface area contributed by atoms with Gasteiger partial charge in [0.15, 0.2) is 0 Å². The average molecular weight is 237 g/mol. The summed E-state index contributed by atoms with van der Waals surface area (Å²) in [6.07, 6.45) is 5.76. The van der Waals surface area contributed by atoms with E-state index < -0.39 is 0 Å². The van der Waals surface area contributed by atoms with Crippen LogP contribution in [0, 0.1) is 6.92 Å². The number of aromatic nitrogens is 1. The number of aryl methyl sites for hydroxylation is 2. The number of nitrogens with one attached hydrogen (secondary N) is 1. The van der Waals surface area contributed by atoms with Crippen molar-refractivity contribution < 1.29 is 0 Å². The Morgan fingerprint density at radius 2 is 2.06 bits per heavy atom. The van der Waals surface area contributed by atoms with Crippen molar-refractivity contribution in [3.05, 3.63) is 59.8 Å². The first kappa shape index (κ1) is 11.3. The monoisotopic (exact) mass is 237 g/mol. The van der Waals surface area contributed by atoms with Crippen molar-refractivity contribution in [2.24, 2.45) is 0 Å². The summed E-state index contributed by atoms with van der Waals surface area (Å²) in [6.45, 7) is 6.09. The number of fused-ring (bicyclic) bond motifs is 1. The van der Waals surface area contributed by atoms with E-state index in [9.17, 15) is 0 Å². The molecule has 1 aromatic heterocycles. The zero-order valence-electron chi connectivity index (χ0n) is 10.9. The molecule has 1 nitrogen and oxygen atoms in total. The van der Waals surface area contributed by atoms with Gasteiger partial charge in [-0.15, -0.1) is 6.58 Å². The summed E-state index contributed by atoms with van der Waals surface area (Å²) in [5.41, 5.74) is 6.68. The van der Waals surface area contributed by atoms with Gasteiger partial charge in [-0.2, -0.15) is 0 Å². The standard InChI is InChI=1S/C17H19N/c1-3-13-5-4-6-16-15(13)11-17(18-16)14-9-7-12(2)8-10-14/h3,7-11,13,18H,1,4-6H2,2H3/t13-/m0/s1. The molecule has 1 aliphatic rings. The summed E-state index contributed by atoms with van der Waals surface area (Å²) in [5, 5.41) is 0. The van der Waals surface area contributed by atoms with Crippen molar-refractivity contribution in [2.75, 3.05) is 0 Å². The molecule has 1 heteroatoms. The van der Waals surface area contributed by atoms with Gasteiger partial charge in [-0.25, -0.2) is 0 Å². The largest absolute Gasteiger partial charge is 0.358 e. The maximum Gasteiger partial charge on any atom is 0.0459 e. The Morgan fingerprint density at radius 1 is 1.28 bits per heavy atom. The molecule has 1 aliphatic carbocycles. The minimum atomic E-state index is 0.532. The number of hydrogen-bond donors (Lipinski definition) is 1. The molecule has 2 aromatic rings. The molecular weight excluding hydrogens is 218 g/mol. The van der Waals surface area contributed by atoms with E-state index in [1.54, 1.807) is 0 Å². The number of hydrogen-bond acceptors (Lipinski definition) is 0. The molecule has 0 fully saturated rings. The zero-order valence-corrected chi connectivity index (χ0v) is 10.9. The maximum atomic E-state index is 3.96. The van der Waals surface area contributed by atoms with Crippen LogP contribution in [0.5, 0.6) is 0 Å². The molecule has 0 amide bonds. The summed E-state index contributed by atoms with van der Waals surface area (Å²) >= 11 is 0. The average Bonchev–Trinajstić information content (AvgIpc) is 2.83. The highest BCUT2D eigenvalue weighted by Gasteiger charge is 2.20. The third-order valence-electron chi connectivity index (χ3n) is 3.92. The van der Waals surface area contributed by atoms with Gasteiger partial charge in [0.25, 0.3) is 0 Å². The van der Waals surface area contributed by atoms with Gasteiger partial charge in [0, 0.05) is 17.3 Å². The van der Waals surface area contributed by atoms with Crippen molar-refractivity contribution in [3.63, 3.8) is 0 Å². The van der Waals surface area contributed by atoms with Crippen LogP contribution in [0.2, 0.25) is 0 Å². The first-order valence-electron chi connectivity index (χ1n) is 6.69. The second-order valence-electron chi connectivity index (χ2n) is 5.22. The van der Waals surface area contributed by atoms with E-state index in [4.69, 9.17) is 0 Å². The molecule has 1 aromatic carbocycles. The van der Waals surface area contributed by atoms with E-state index in [2.05, 4.69) is 54.9 Å². The first-order chi connectivity index (χ1) is 8.78. The van der Waals surface area contributed by atoms with Crippen LogP contribution in [0.1, 0.15) is 35.6 Å². The Hall–Kier alpha value is -1.76. The Labute approximate surface area is 109 Å². The van der Waals surface area contributed by atoms with Crippen LogP contribution in [0.25, 0.3) is 11.3 Å². The topological polar surface area (TPSA) is 15.8 Å². The van der Waals surface area contributed by atoms with Crippen LogP contribution in [-0.4, -0.2) is 4.98 Å². The Balaban J connectivity index is 2.02. The smallest absolute Gasteiger partial charge is 0.0459 e. The summed E-state index contributed by atoms with van der Waals surface area (Å²) in [7, 11) is 0. The summed E-state index contributed by atoms with van der Waals surface area (Å²) in [6, 6.07) is 11.0. The van der Waals surface area contributed by atoms with Crippen LogP contribution in [0.4, 0.5) is 0 Å². The molecule has 0 saturated heterocycles. The van der Waals surface area contributed by atoms with Crippen molar-refractivity contribution in [1.29, 1.82) is 0 Å². The summed E-state index contributed by atoms with van der Waals surface area (Å²) < 4.78 is 0. The van der Waals surface area contributed by atoms with Gasteiger partial charge < -0.3 is 4.98 Å². The van der Waals surface area contributed by atoms with Crippen LogP contribution >= 0.6 is 0 Å². The van der Waals surface area contributed by atoms with Gasteiger partial charge in [-0.3, -0.25) is 0 Å². The molecule has 3 rings (SSSR count). The minimum Gasteiger partial charge on any atom is -0.358 e. The highest BCUT2D eigenvalue weighted by Crippen LogP contribution is 2.35. The van der Waals surface area contributed by atoms with Gasteiger partial charge in [0.2, 0.25) is 0 Å². The van der Waals surface area contributed by atoms with Crippen molar-refractivity contribution in [1.82, 2.24) is 4.98 Å². The van der Waals surface area contributed by atoms with Crippen molar-refractivity contribution >= 4 is 0 Å².